The fraction of sp³-hybridized carbons (Fsp3) is 0.800. The number of hydrogen-bond acceptors (Lipinski definition) is 3. The summed E-state index contributed by atoms with van der Waals surface area (Å²) in [5, 5.41) is 8.17. The Bertz CT molecular complexity index is 358. The smallest absolute Gasteiger partial charge is 0.0557 e. The lowest BCUT2D eigenvalue weighted by Crippen LogP contribution is -2.35. The third-order valence-corrected chi connectivity index (χ3v) is 3.78. The Labute approximate surface area is 116 Å². The van der Waals surface area contributed by atoms with E-state index in [-0.39, 0.29) is 0 Å². The highest BCUT2D eigenvalue weighted by Crippen LogP contribution is 2.28. The van der Waals surface area contributed by atoms with Gasteiger partial charge >= 0.3 is 0 Å². The van der Waals surface area contributed by atoms with E-state index in [1.54, 1.807) is 0 Å². The summed E-state index contributed by atoms with van der Waals surface area (Å²) in [5.74, 6) is 0.576. The summed E-state index contributed by atoms with van der Waals surface area (Å²) in [6.45, 7) is 8.26. The average Bonchev–Trinajstić information content (AvgIpc) is 2.89. The first kappa shape index (κ1) is 14.5. The van der Waals surface area contributed by atoms with Crippen molar-refractivity contribution < 1.29 is 4.74 Å². The fourth-order valence-electron chi connectivity index (χ4n) is 2.85. The van der Waals surface area contributed by atoms with Crippen LogP contribution in [-0.2, 0) is 11.3 Å². The number of rotatable bonds is 7. The van der Waals surface area contributed by atoms with Crippen LogP contribution in [0.15, 0.2) is 12.3 Å². The molecule has 0 saturated carbocycles. The Hall–Kier alpha value is -0.870. The zero-order chi connectivity index (χ0) is 13.5. The molecule has 0 spiro atoms. The van der Waals surface area contributed by atoms with Crippen LogP contribution in [0, 0.1) is 5.92 Å². The second-order valence-electron chi connectivity index (χ2n) is 5.39. The molecule has 2 atom stereocenters. The molecule has 4 nitrogen and oxygen atoms in total. The summed E-state index contributed by atoms with van der Waals surface area (Å²) in [5.41, 5.74) is 1.32. The maximum atomic E-state index is 5.67. The van der Waals surface area contributed by atoms with E-state index in [1.807, 2.05) is 6.20 Å². The molecule has 1 N–H and O–H groups in total. The number of nitrogens with zero attached hydrogens (tertiary/aromatic N) is 2. The van der Waals surface area contributed by atoms with Crippen molar-refractivity contribution in [2.24, 2.45) is 5.92 Å². The maximum Gasteiger partial charge on any atom is 0.0557 e. The first-order valence-corrected chi connectivity index (χ1v) is 7.69. The van der Waals surface area contributed by atoms with Crippen LogP contribution in [0.25, 0.3) is 0 Å². The standard InChI is InChI=1S/C15H27N3O/c1-3-8-16-15(13-6-5-11-19-12-13)14-7-9-17-18(14)10-4-2/h7,9,13,15-16H,3-6,8,10-12H2,1-2H3. The molecular formula is C15H27N3O. The predicted molar refractivity (Wildman–Crippen MR) is 77.1 cm³/mol. The van der Waals surface area contributed by atoms with Crippen molar-refractivity contribution in [1.29, 1.82) is 0 Å². The predicted octanol–water partition coefficient (Wildman–Crippen LogP) is 2.76. The van der Waals surface area contributed by atoms with E-state index in [0.29, 0.717) is 12.0 Å². The van der Waals surface area contributed by atoms with Gasteiger partial charge < -0.3 is 10.1 Å². The molecule has 19 heavy (non-hydrogen) atoms. The Balaban J connectivity index is 2.12. The molecular weight excluding hydrogens is 238 g/mol. The molecule has 0 radical (unpaired) electrons. The number of aryl methyl sites for hydroxylation is 1. The molecule has 1 aromatic rings. The topological polar surface area (TPSA) is 39.1 Å². The number of ether oxygens (including phenoxy) is 1. The minimum absolute atomic E-state index is 0.384. The summed E-state index contributed by atoms with van der Waals surface area (Å²) < 4.78 is 7.83. The Morgan fingerprint density at radius 1 is 1.47 bits per heavy atom. The Morgan fingerprint density at radius 2 is 2.37 bits per heavy atom. The van der Waals surface area contributed by atoms with Crippen molar-refractivity contribution in [3.05, 3.63) is 18.0 Å². The largest absolute Gasteiger partial charge is 0.381 e. The molecule has 108 valence electrons. The summed E-state index contributed by atoms with van der Waals surface area (Å²) in [6.07, 6.45) is 6.63. The van der Waals surface area contributed by atoms with Gasteiger partial charge in [-0.1, -0.05) is 13.8 Å². The quantitative estimate of drug-likeness (QED) is 0.824. The molecule has 1 fully saturated rings. The fourth-order valence-corrected chi connectivity index (χ4v) is 2.85. The normalized spacial score (nSPS) is 21.5. The molecule has 0 bridgehead atoms. The van der Waals surface area contributed by atoms with Gasteiger partial charge in [0.15, 0.2) is 0 Å². The van der Waals surface area contributed by atoms with Crippen molar-refractivity contribution in [1.82, 2.24) is 15.1 Å². The number of hydrogen-bond donors (Lipinski definition) is 1. The maximum absolute atomic E-state index is 5.67. The molecule has 0 aliphatic carbocycles. The molecule has 4 heteroatoms. The highest BCUT2D eigenvalue weighted by Gasteiger charge is 2.27. The van der Waals surface area contributed by atoms with Crippen LogP contribution >= 0.6 is 0 Å². The van der Waals surface area contributed by atoms with E-state index >= 15 is 0 Å². The first-order chi connectivity index (χ1) is 9.36. The van der Waals surface area contributed by atoms with Crippen molar-refractivity contribution in [2.45, 2.75) is 52.1 Å². The van der Waals surface area contributed by atoms with E-state index in [1.165, 1.54) is 18.5 Å². The van der Waals surface area contributed by atoms with Crippen LogP contribution in [0.1, 0.15) is 51.3 Å². The lowest BCUT2D eigenvalue weighted by atomic mass is 9.91. The molecule has 1 aromatic heterocycles. The Kier molecular flexibility index (Phi) is 5.86. The molecule has 2 rings (SSSR count). The van der Waals surface area contributed by atoms with E-state index in [4.69, 9.17) is 4.74 Å². The minimum atomic E-state index is 0.384. The van der Waals surface area contributed by atoms with Crippen molar-refractivity contribution in [3.8, 4) is 0 Å². The average molecular weight is 265 g/mol. The molecule has 1 aliphatic heterocycles. The van der Waals surface area contributed by atoms with E-state index in [9.17, 15) is 0 Å². The molecule has 1 saturated heterocycles. The van der Waals surface area contributed by atoms with Crippen LogP contribution in [0.3, 0.4) is 0 Å². The van der Waals surface area contributed by atoms with Crippen molar-refractivity contribution in [2.75, 3.05) is 19.8 Å². The summed E-state index contributed by atoms with van der Waals surface area (Å²) in [7, 11) is 0. The molecule has 2 unspecified atom stereocenters. The third kappa shape index (κ3) is 3.80. The molecule has 0 amide bonds. The van der Waals surface area contributed by atoms with Gasteiger partial charge in [-0.15, -0.1) is 0 Å². The summed E-state index contributed by atoms with van der Waals surface area (Å²) >= 11 is 0. The summed E-state index contributed by atoms with van der Waals surface area (Å²) in [4.78, 5) is 0. The van der Waals surface area contributed by atoms with E-state index in [0.717, 1.165) is 39.1 Å². The number of nitrogens with one attached hydrogen (secondary N) is 1. The molecule has 0 aromatic carbocycles. The van der Waals surface area contributed by atoms with Gasteiger partial charge in [-0.2, -0.15) is 5.10 Å². The van der Waals surface area contributed by atoms with Crippen LogP contribution in [0.4, 0.5) is 0 Å². The van der Waals surface area contributed by atoms with Crippen LogP contribution in [0.5, 0.6) is 0 Å². The van der Waals surface area contributed by atoms with E-state index in [2.05, 4.69) is 35.0 Å². The van der Waals surface area contributed by atoms with Crippen molar-refractivity contribution >= 4 is 0 Å². The zero-order valence-corrected chi connectivity index (χ0v) is 12.3. The highest BCUT2D eigenvalue weighted by molar-refractivity contribution is 5.09. The monoisotopic (exact) mass is 265 g/mol. The third-order valence-electron chi connectivity index (χ3n) is 3.78. The van der Waals surface area contributed by atoms with E-state index < -0.39 is 0 Å². The van der Waals surface area contributed by atoms with Gasteiger partial charge in [0.25, 0.3) is 0 Å². The van der Waals surface area contributed by atoms with Gasteiger partial charge in [0.2, 0.25) is 0 Å². The minimum Gasteiger partial charge on any atom is -0.381 e. The van der Waals surface area contributed by atoms with Gasteiger partial charge in [0, 0.05) is 25.3 Å². The van der Waals surface area contributed by atoms with Crippen molar-refractivity contribution in [3.63, 3.8) is 0 Å². The lowest BCUT2D eigenvalue weighted by Gasteiger charge is -2.31. The summed E-state index contributed by atoms with van der Waals surface area (Å²) in [6, 6.07) is 2.55. The lowest BCUT2D eigenvalue weighted by molar-refractivity contribution is 0.0376. The van der Waals surface area contributed by atoms with Gasteiger partial charge in [0.05, 0.1) is 18.3 Å². The highest BCUT2D eigenvalue weighted by atomic mass is 16.5. The second-order valence-corrected chi connectivity index (χ2v) is 5.39. The SMILES string of the molecule is CCCNC(c1ccnn1CCC)C1CCCOC1. The first-order valence-electron chi connectivity index (χ1n) is 7.69. The second kappa shape index (κ2) is 7.65. The van der Waals surface area contributed by atoms with Crippen LogP contribution in [0.2, 0.25) is 0 Å². The molecule has 2 heterocycles. The van der Waals surface area contributed by atoms with Gasteiger partial charge in [0.1, 0.15) is 0 Å². The van der Waals surface area contributed by atoms with Gasteiger partial charge in [-0.05, 0) is 38.3 Å². The zero-order valence-electron chi connectivity index (χ0n) is 12.3. The van der Waals surface area contributed by atoms with Gasteiger partial charge in [-0.3, -0.25) is 4.68 Å². The van der Waals surface area contributed by atoms with Gasteiger partial charge in [-0.25, -0.2) is 0 Å². The Morgan fingerprint density at radius 3 is 3.05 bits per heavy atom. The molecule has 1 aliphatic rings. The van der Waals surface area contributed by atoms with Crippen LogP contribution in [-0.4, -0.2) is 29.5 Å². The number of aromatic nitrogens is 2. The van der Waals surface area contributed by atoms with Crippen LogP contribution < -0.4 is 5.32 Å².